The summed E-state index contributed by atoms with van der Waals surface area (Å²) in [5.74, 6) is -0.391. The fraction of sp³-hybridized carbons (Fsp3) is 0.286. The van der Waals surface area contributed by atoms with Gasteiger partial charge in [-0.25, -0.2) is 4.79 Å². The smallest absolute Gasteiger partial charge is 0.331 e. The third-order valence-electron chi connectivity index (χ3n) is 3.85. The van der Waals surface area contributed by atoms with Gasteiger partial charge in [-0.05, 0) is 53.8 Å². The van der Waals surface area contributed by atoms with Crippen molar-refractivity contribution >= 4 is 23.4 Å². The molecule has 132 valence electrons. The molecule has 0 atom stereocenters. The van der Waals surface area contributed by atoms with E-state index in [0.717, 1.165) is 17.5 Å². The van der Waals surface area contributed by atoms with Gasteiger partial charge in [0.2, 0.25) is 0 Å². The van der Waals surface area contributed by atoms with E-state index in [-0.39, 0.29) is 6.61 Å². The van der Waals surface area contributed by atoms with Crippen molar-refractivity contribution in [3.8, 4) is 0 Å². The maximum atomic E-state index is 11.9. The number of hydrogen-bond acceptors (Lipinski definition) is 4. The van der Waals surface area contributed by atoms with Crippen LogP contribution in [0.25, 0.3) is 6.08 Å². The zero-order chi connectivity index (χ0) is 18.1. The molecule has 25 heavy (non-hydrogen) atoms. The topological polar surface area (TPSA) is 78.3 Å². The SMILES string of the molecule is CCCCCc1cccc(C=CC(=O)OCc2cc(N)cc(N)c2)c1. The van der Waals surface area contributed by atoms with Crippen LogP contribution in [-0.2, 0) is 22.6 Å². The average molecular weight is 338 g/mol. The first-order chi connectivity index (χ1) is 12.1. The monoisotopic (exact) mass is 338 g/mol. The van der Waals surface area contributed by atoms with Crippen molar-refractivity contribution < 1.29 is 9.53 Å². The molecule has 2 rings (SSSR count). The molecule has 0 saturated heterocycles. The van der Waals surface area contributed by atoms with E-state index in [2.05, 4.69) is 19.1 Å². The Hall–Kier alpha value is -2.75. The highest BCUT2D eigenvalue weighted by atomic mass is 16.5. The van der Waals surface area contributed by atoms with E-state index in [1.165, 1.54) is 30.9 Å². The fourth-order valence-corrected chi connectivity index (χ4v) is 2.63. The molecule has 0 spiro atoms. The molecule has 0 unspecified atom stereocenters. The molecule has 0 bridgehead atoms. The van der Waals surface area contributed by atoms with Crippen LogP contribution in [0.2, 0.25) is 0 Å². The number of unbranched alkanes of at least 4 members (excludes halogenated alkanes) is 2. The van der Waals surface area contributed by atoms with Gasteiger partial charge in [-0.1, -0.05) is 44.0 Å². The Balaban J connectivity index is 1.88. The zero-order valence-corrected chi connectivity index (χ0v) is 14.7. The zero-order valence-electron chi connectivity index (χ0n) is 14.7. The lowest BCUT2D eigenvalue weighted by atomic mass is 10.0. The number of nitrogens with two attached hydrogens (primary N) is 2. The summed E-state index contributed by atoms with van der Waals surface area (Å²) < 4.78 is 5.23. The van der Waals surface area contributed by atoms with Crippen molar-refractivity contribution in [3.63, 3.8) is 0 Å². The molecule has 0 saturated carbocycles. The van der Waals surface area contributed by atoms with Gasteiger partial charge in [-0.3, -0.25) is 0 Å². The Morgan fingerprint density at radius 3 is 2.52 bits per heavy atom. The number of esters is 1. The quantitative estimate of drug-likeness (QED) is 0.325. The minimum absolute atomic E-state index is 0.148. The number of rotatable bonds is 8. The number of benzene rings is 2. The highest BCUT2D eigenvalue weighted by Crippen LogP contribution is 2.15. The van der Waals surface area contributed by atoms with Crippen molar-refractivity contribution in [2.45, 2.75) is 39.2 Å². The van der Waals surface area contributed by atoms with Crippen molar-refractivity contribution in [3.05, 3.63) is 65.2 Å². The van der Waals surface area contributed by atoms with E-state index in [9.17, 15) is 4.79 Å². The van der Waals surface area contributed by atoms with Crippen LogP contribution in [-0.4, -0.2) is 5.97 Å². The Labute approximate surface area is 149 Å². The third-order valence-corrected chi connectivity index (χ3v) is 3.85. The summed E-state index contributed by atoms with van der Waals surface area (Å²) in [5, 5.41) is 0. The molecule has 2 aromatic carbocycles. The molecule has 0 aliphatic heterocycles. The van der Waals surface area contributed by atoms with Gasteiger partial charge < -0.3 is 16.2 Å². The maximum absolute atomic E-state index is 11.9. The standard InChI is InChI=1S/C21H26N2O2/c1-2-3-4-6-16-7-5-8-17(11-16)9-10-21(24)25-15-18-12-19(22)14-20(23)13-18/h5,7-14H,2-4,6,15,22-23H2,1H3. The summed E-state index contributed by atoms with van der Waals surface area (Å²) in [6.07, 6.45) is 7.93. The predicted octanol–water partition coefficient (Wildman–Crippen LogP) is 4.34. The van der Waals surface area contributed by atoms with Crippen LogP contribution in [0, 0.1) is 0 Å². The molecule has 0 aliphatic carbocycles. The van der Waals surface area contributed by atoms with Gasteiger partial charge in [-0.15, -0.1) is 0 Å². The lowest BCUT2D eigenvalue weighted by Gasteiger charge is -2.05. The molecule has 0 heterocycles. The summed E-state index contributed by atoms with van der Waals surface area (Å²) in [5.41, 5.74) is 15.6. The number of ether oxygens (including phenoxy) is 1. The molecule has 0 aliphatic rings. The summed E-state index contributed by atoms with van der Waals surface area (Å²) in [7, 11) is 0. The molecule has 0 amide bonds. The maximum Gasteiger partial charge on any atom is 0.331 e. The molecule has 0 fully saturated rings. The lowest BCUT2D eigenvalue weighted by molar-refractivity contribution is -0.138. The van der Waals surface area contributed by atoms with Crippen molar-refractivity contribution in [2.24, 2.45) is 0 Å². The highest BCUT2D eigenvalue weighted by Gasteiger charge is 2.02. The van der Waals surface area contributed by atoms with Gasteiger partial charge in [0.05, 0.1) is 0 Å². The van der Waals surface area contributed by atoms with Crippen molar-refractivity contribution in [1.29, 1.82) is 0 Å². The van der Waals surface area contributed by atoms with E-state index < -0.39 is 5.97 Å². The van der Waals surface area contributed by atoms with E-state index in [1.54, 1.807) is 24.3 Å². The summed E-state index contributed by atoms with van der Waals surface area (Å²) in [4.78, 5) is 11.9. The Kier molecular flexibility index (Phi) is 7.08. The minimum atomic E-state index is -0.391. The molecule has 4 N–H and O–H groups in total. The summed E-state index contributed by atoms with van der Waals surface area (Å²) in [6, 6.07) is 13.4. The second kappa shape index (κ2) is 9.52. The molecular formula is C21H26N2O2. The largest absolute Gasteiger partial charge is 0.458 e. The number of carbonyl (C=O) groups is 1. The number of anilines is 2. The number of hydrogen-bond donors (Lipinski definition) is 2. The Bertz CT molecular complexity index is 718. The summed E-state index contributed by atoms with van der Waals surface area (Å²) in [6.45, 7) is 2.35. The van der Waals surface area contributed by atoms with Crippen LogP contribution < -0.4 is 11.5 Å². The molecule has 0 radical (unpaired) electrons. The van der Waals surface area contributed by atoms with Gasteiger partial charge in [-0.2, -0.15) is 0 Å². The van der Waals surface area contributed by atoms with Crippen LogP contribution in [0.3, 0.4) is 0 Å². The van der Waals surface area contributed by atoms with Crippen molar-refractivity contribution in [2.75, 3.05) is 11.5 Å². The second-order valence-electron chi connectivity index (χ2n) is 6.15. The van der Waals surface area contributed by atoms with Crippen molar-refractivity contribution in [1.82, 2.24) is 0 Å². The lowest BCUT2D eigenvalue weighted by Crippen LogP contribution is -2.02. The summed E-state index contributed by atoms with van der Waals surface area (Å²) >= 11 is 0. The van der Waals surface area contributed by atoms with Crippen LogP contribution in [0.15, 0.2) is 48.5 Å². The van der Waals surface area contributed by atoms with Crippen LogP contribution in [0.5, 0.6) is 0 Å². The molecular weight excluding hydrogens is 312 g/mol. The predicted molar refractivity (Wildman–Crippen MR) is 104 cm³/mol. The van der Waals surface area contributed by atoms with E-state index in [1.807, 2.05) is 12.1 Å². The first kappa shape index (κ1) is 18.6. The van der Waals surface area contributed by atoms with Crippen LogP contribution in [0.1, 0.15) is 42.9 Å². The van der Waals surface area contributed by atoms with Crippen LogP contribution in [0.4, 0.5) is 11.4 Å². The molecule has 2 aromatic rings. The normalized spacial score (nSPS) is 10.9. The average Bonchev–Trinajstić information content (AvgIpc) is 2.58. The number of aryl methyl sites for hydroxylation is 1. The van der Waals surface area contributed by atoms with Gasteiger partial charge in [0.1, 0.15) is 6.61 Å². The Morgan fingerprint density at radius 1 is 1.04 bits per heavy atom. The first-order valence-electron chi connectivity index (χ1n) is 8.65. The molecule has 0 aromatic heterocycles. The number of carbonyl (C=O) groups excluding carboxylic acids is 1. The Morgan fingerprint density at radius 2 is 1.80 bits per heavy atom. The van der Waals surface area contributed by atoms with Gasteiger partial charge >= 0.3 is 5.97 Å². The van der Waals surface area contributed by atoms with E-state index in [4.69, 9.17) is 16.2 Å². The molecule has 4 heteroatoms. The molecule has 4 nitrogen and oxygen atoms in total. The highest BCUT2D eigenvalue weighted by molar-refractivity contribution is 5.87. The minimum Gasteiger partial charge on any atom is -0.458 e. The number of nitrogen functional groups attached to an aromatic ring is 2. The fourth-order valence-electron chi connectivity index (χ4n) is 2.63. The second-order valence-corrected chi connectivity index (χ2v) is 6.15. The third kappa shape index (κ3) is 6.71. The van der Waals surface area contributed by atoms with Gasteiger partial charge in [0, 0.05) is 17.5 Å². The van der Waals surface area contributed by atoms with Gasteiger partial charge in [0.15, 0.2) is 0 Å². The van der Waals surface area contributed by atoms with E-state index >= 15 is 0 Å². The van der Waals surface area contributed by atoms with Gasteiger partial charge in [0.25, 0.3) is 0 Å². The first-order valence-corrected chi connectivity index (χ1v) is 8.65. The van der Waals surface area contributed by atoms with Crippen LogP contribution >= 0.6 is 0 Å². The van der Waals surface area contributed by atoms with E-state index in [0.29, 0.717) is 11.4 Å².